The van der Waals surface area contributed by atoms with Gasteiger partial charge in [0.15, 0.2) is 5.96 Å². The van der Waals surface area contributed by atoms with Crippen molar-refractivity contribution in [3.05, 3.63) is 72.4 Å². The molecule has 0 bridgehead atoms. The number of carbonyl (C=O) groups excluding carboxylic acids is 1. The summed E-state index contributed by atoms with van der Waals surface area (Å²) in [4.78, 5) is 22.8. The molecule has 1 heterocycles. The highest BCUT2D eigenvalue weighted by molar-refractivity contribution is 6.02. The van der Waals surface area contributed by atoms with E-state index in [2.05, 4.69) is 25.9 Å². The Morgan fingerprint density at radius 1 is 1.21 bits per heavy atom. The van der Waals surface area contributed by atoms with Gasteiger partial charge in [0.1, 0.15) is 0 Å². The highest BCUT2D eigenvalue weighted by atomic mass is 16.1. The van der Waals surface area contributed by atoms with Gasteiger partial charge in [-0.15, -0.1) is 0 Å². The zero-order valence-corrected chi connectivity index (χ0v) is 19.6. The molecule has 0 spiro atoms. The average Bonchev–Trinajstić information content (AvgIpc) is 2.81. The molecule has 3 rings (SSSR count). The molecule has 2 aromatic carbocycles. The molecule has 6 N–H and O–H groups in total. The van der Waals surface area contributed by atoms with Crippen LogP contribution in [0.4, 0.5) is 5.69 Å². The van der Waals surface area contributed by atoms with Gasteiger partial charge < -0.3 is 26.6 Å². The predicted octanol–water partition coefficient (Wildman–Crippen LogP) is 2.52. The van der Waals surface area contributed by atoms with E-state index in [1.165, 1.54) is 0 Å². The van der Waals surface area contributed by atoms with Crippen molar-refractivity contribution in [3.63, 3.8) is 0 Å². The van der Waals surface area contributed by atoms with Gasteiger partial charge in [-0.05, 0) is 43.2 Å². The van der Waals surface area contributed by atoms with Crippen molar-refractivity contribution in [1.82, 2.24) is 20.5 Å². The third-order valence-electron chi connectivity index (χ3n) is 4.96. The van der Waals surface area contributed by atoms with E-state index in [4.69, 9.17) is 11.1 Å². The lowest BCUT2D eigenvalue weighted by Gasteiger charge is -2.14. The highest BCUT2D eigenvalue weighted by Crippen LogP contribution is 2.30. The van der Waals surface area contributed by atoms with E-state index < -0.39 is 0 Å². The summed E-state index contributed by atoms with van der Waals surface area (Å²) in [5.74, 6) is -0.0374. The Kier molecular flexibility index (Phi) is 8.31. The molecule has 176 valence electrons. The molecule has 0 atom stereocenters. The topological polar surface area (TPSA) is 132 Å². The van der Waals surface area contributed by atoms with Gasteiger partial charge in [0.25, 0.3) is 0 Å². The first-order valence-electron chi connectivity index (χ1n) is 10.8. The number of benzene rings is 2. The summed E-state index contributed by atoms with van der Waals surface area (Å²) in [5, 5.41) is 18.3. The van der Waals surface area contributed by atoms with E-state index in [9.17, 15) is 4.79 Å². The molecule has 34 heavy (non-hydrogen) atoms. The Bertz CT molecular complexity index is 1230. The SMILES string of the molecule is CN/C(=N\C(=N)N)NCc1ccccc1-c1nccc2cc(NC(=O)/C=C/CN(C)C)ccc12. The summed E-state index contributed by atoms with van der Waals surface area (Å²) in [6, 6.07) is 15.7. The maximum Gasteiger partial charge on any atom is 0.248 e. The maximum atomic E-state index is 12.2. The van der Waals surface area contributed by atoms with E-state index in [-0.39, 0.29) is 11.9 Å². The lowest BCUT2D eigenvalue weighted by molar-refractivity contribution is -0.111. The fourth-order valence-corrected chi connectivity index (χ4v) is 3.41. The van der Waals surface area contributed by atoms with Crippen LogP contribution in [0.2, 0.25) is 0 Å². The van der Waals surface area contributed by atoms with Crippen LogP contribution in [-0.2, 0) is 11.3 Å². The molecule has 0 aliphatic rings. The molecule has 0 saturated carbocycles. The normalized spacial score (nSPS) is 11.7. The summed E-state index contributed by atoms with van der Waals surface area (Å²) in [7, 11) is 5.61. The Labute approximate surface area is 199 Å². The number of hydrogen-bond donors (Lipinski definition) is 5. The first-order valence-corrected chi connectivity index (χ1v) is 10.8. The van der Waals surface area contributed by atoms with E-state index in [0.717, 1.165) is 33.3 Å². The lowest BCUT2D eigenvalue weighted by atomic mass is 9.99. The van der Waals surface area contributed by atoms with Crippen LogP contribution in [0, 0.1) is 5.41 Å². The Morgan fingerprint density at radius 3 is 2.74 bits per heavy atom. The number of fused-ring (bicyclic) bond motifs is 1. The van der Waals surface area contributed by atoms with Crippen molar-refractivity contribution in [1.29, 1.82) is 5.41 Å². The summed E-state index contributed by atoms with van der Waals surface area (Å²) >= 11 is 0. The molecule has 1 aromatic heterocycles. The van der Waals surface area contributed by atoms with Crippen molar-refractivity contribution in [2.24, 2.45) is 10.7 Å². The number of amides is 1. The molecule has 0 aliphatic carbocycles. The zero-order chi connectivity index (χ0) is 24.5. The molecule has 3 aromatic rings. The summed E-state index contributed by atoms with van der Waals surface area (Å²) in [6.45, 7) is 1.17. The summed E-state index contributed by atoms with van der Waals surface area (Å²) in [5.41, 5.74) is 8.92. The van der Waals surface area contributed by atoms with Crippen LogP contribution in [-0.4, -0.2) is 55.4 Å². The number of likely N-dealkylation sites (N-methyl/N-ethyl adjacent to an activating group) is 1. The average molecular weight is 459 g/mol. The highest BCUT2D eigenvalue weighted by Gasteiger charge is 2.11. The van der Waals surface area contributed by atoms with Crippen molar-refractivity contribution in [2.45, 2.75) is 6.54 Å². The monoisotopic (exact) mass is 458 g/mol. The fraction of sp³-hybridized carbons (Fsp3) is 0.200. The Hall–Kier alpha value is -4.24. The maximum absolute atomic E-state index is 12.2. The Balaban J connectivity index is 1.86. The van der Waals surface area contributed by atoms with Gasteiger partial charge in [-0.3, -0.25) is 15.2 Å². The van der Waals surface area contributed by atoms with Crippen LogP contribution in [0.3, 0.4) is 0 Å². The first-order chi connectivity index (χ1) is 16.4. The number of hydrogen-bond acceptors (Lipinski definition) is 4. The molecule has 1 amide bonds. The van der Waals surface area contributed by atoms with Crippen molar-refractivity contribution in [3.8, 4) is 11.3 Å². The number of anilines is 1. The van der Waals surface area contributed by atoms with Crippen LogP contribution in [0.1, 0.15) is 5.56 Å². The minimum Gasteiger partial charge on any atom is -0.368 e. The number of nitrogens with zero attached hydrogens (tertiary/aromatic N) is 3. The number of carbonyl (C=O) groups is 1. The number of pyridine rings is 1. The molecular formula is C25H30N8O. The van der Waals surface area contributed by atoms with Crippen LogP contribution in [0.25, 0.3) is 22.0 Å². The second kappa shape index (κ2) is 11.6. The number of nitrogens with one attached hydrogen (secondary N) is 4. The van der Waals surface area contributed by atoms with Gasteiger partial charge in [-0.25, -0.2) is 0 Å². The van der Waals surface area contributed by atoms with Crippen molar-refractivity contribution >= 4 is 34.3 Å². The van der Waals surface area contributed by atoms with E-state index >= 15 is 0 Å². The molecule has 0 unspecified atom stereocenters. The molecule has 0 fully saturated rings. The summed E-state index contributed by atoms with van der Waals surface area (Å²) < 4.78 is 0. The Morgan fingerprint density at radius 2 is 2.00 bits per heavy atom. The van der Waals surface area contributed by atoms with E-state index in [1.54, 1.807) is 19.3 Å². The largest absolute Gasteiger partial charge is 0.368 e. The number of nitrogens with two attached hydrogens (primary N) is 1. The standard InChI is InChI=1S/C25H30N8O/c1-28-25(32-24(26)27)30-16-18-7-4-5-8-20(18)23-21-11-10-19(15-17(21)12-13-29-23)31-22(34)9-6-14-33(2)3/h4-13,15H,14,16H2,1-3H3,(H,31,34)(H5,26,27,28,30,32)/b9-6+. The van der Waals surface area contributed by atoms with Gasteiger partial charge >= 0.3 is 0 Å². The molecule has 0 aliphatic heterocycles. The first kappa shape index (κ1) is 24.4. The number of aliphatic imine (C=N–C) groups is 1. The minimum atomic E-state index is -0.281. The third kappa shape index (κ3) is 6.63. The van der Waals surface area contributed by atoms with Crippen molar-refractivity contribution in [2.75, 3.05) is 33.0 Å². The number of guanidine groups is 2. The number of aromatic nitrogens is 1. The smallest absolute Gasteiger partial charge is 0.248 e. The number of rotatable bonds is 7. The summed E-state index contributed by atoms with van der Waals surface area (Å²) in [6.07, 6.45) is 5.13. The van der Waals surface area contributed by atoms with Crippen LogP contribution in [0.15, 0.2) is 71.9 Å². The fourth-order valence-electron chi connectivity index (χ4n) is 3.41. The van der Waals surface area contributed by atoms with E-state index in [0.29, 0.717) is 19.0 Å². The van der Waals surface area contributed by atoms with Gasteiger partial charge in [0.05, 0.1) is 5.69 Å². The quantitative estimate of drug-likeness (QED) is 0.210. The van der Waals surface area contributed by atoms with Crippen LogP contribution >= 0.6 is 0 Å². The predicted molar refractivity (Wildman–Crippen MR) is 139 cm³/mol. The van der Waals surface area contributed by atoms with Gasteiger partial charge in [-0.2, -0.15) is 4.99 Å². The van der Waals surface area contributed by atoms with Gasteiger partial charge in [0, 0.05) is 49.0 Å². The molecule has 9 nitrogen and oxygen atoms in total. The van der Waals surface area contributed by atoms with Crippen molar-refractivity contribution < 1.29 is 4.79 Å². The second-order valence-electron chi connectivity index (χ2n) is 7.86. The second-order valence-corrected chi connectivity index (χ2v) is 7.86. The minimum absolute atomic E-state index is 0.167. The third-order valence-corrected chi connectivity index (χ3v) is 4.96. The van der Waals surface area contributed by atoms with E-state index in [1.807, 2.05) is 73.6 Å². The lowest BCUT2D eigenvalue weighted by Crippen LogP contribution is -2.36. The van der Waals surface area contributed by atoms with Crippen LogP contribution in [0.5, 0.6) is 0 Å². The van der Waals surface area contributed by atoms with Gasteiger partial charge in [0.2, 0.25) is 11.9 Å². The molecule has 0 radical (unpaired) electrons. The van der Waals surface area contributed by atoms with Crippen LogP contribution < -0.4 is 21.7 Å². The zero-order valence-electron chi connectivity index (χ0n) is 19.6. The van der Waals surface area contributed by atoms with Gasteiger partial charge in [-0.1, -0.05) is 36.4 Å². The molecular weight excluding hydrogens is 428 g/mol. The molecule has 0 saturated heterocycles. The molecule has 9 heteroatoms.